The summed E-state index contributed by atoms with van der Waals surface area (Å²) in [6.07, 6.45) is 2.87. The van der Waals surface area contributed by atoms with E-state index in [1.165, 1.54) is 18.5 Å². The van der Waals surface area contributed by atoms with Gasteiger partial charge in [-0.3, -0.25) is 4.98 Å². The molecule has 3 aromatic heterocycles. The molecule has 0 fully saturated rings. The first-order valence-corrected chi connectivity index (χ1v) is 7.88. The van der Waals surface area contributed by atoms with Crippen LogP contribution in [0, 0.1) is 20.8 Å². The van der Waals surface area contributed by atoms with Crippen molar-refractivity contribution < 1.29 is 8.42 Å². The second-order valence-electron chi connectivity index (χ2n) is 4.88. The third kappa shape index (κ3) is 2.09. The molecule has 0 unspecified atom stereocenters. The number of pyridine rings is 1. The molecule has 0 aliphatic rings. The number of hydrogen-bond donors (Lipinski definition) is 0. The first kappa shape index (κ1) is 13.7. The lowest BCUT2D eigenvalue weighted by Crippen LogP contribution is -2.05. The van der Waals surface area contributed by atoms with Crippen LogP contribution in [0.25, 0.3) is 5.65 Å². The van der Waals surface area contributed by atoms with Crippen molar-refractivity contribution in [3.63, 3.8) is 0 Å². The molecule has 108 valence electrons. The van der Waals surface area contributed by atoms with Crippen LogP contribution >= 0.6 is 0 Å². The highest BCUT2D eigenvalue weighted by molar-refractivity contribution is 7.91. The lowest BCUT2D eigenvalue weighted by atomic mass is 10.3. The van der Waals surface area contributed by atoms with E-state index in [-0.39, 0.29) is 9.79 Å². The van der Waals surface area contributed by atoms with Crippen LogP contribution in [0.1, 0.15) is 17.1 Å². The fraction of sp³-hybridized carbons (Fsp3) is 0.214. The van der Waals surface area contributed by atoms with E-state index in [1.807, 2.05) is 19.9 Å². The fourth-order valence-corrected chi connectivity index (χ4v) is 3.84. The van der Waals surface area contributed by atoms with Crippen LogP contribution in [0.15, 0.2) is 40.4 Å². The van der Waals surface area contributed by atoms with E-state index in [1.54, 1.807) is 17.5 Å². The predicted molar refractivity (Wildman–Crippen MR) is 76.9 cm³/mol. The largest absolute Gasteiger partial charge is 0.263 e. The Morgan fingerprint density at radius 3 is 2.62 bits per heavy atom. The topological polar surface area (TPSA) is 77.2 Å². The molecule has 0 saturated carbocycles. The molecule has 0 spiro atoms. The summed E-state index contributed by atoms with van der Waals surface area (Å²) in [7, 11) is -3.69. The van der Waals surface area contributed by atoms with Crippen molar-refractivity contribution in [2.45, 2.75) is 30.6 Å². The molecule has 0 saturated heterocycles. The van der Waals surface area contributed by atoms with Gasteiger partial charge < -0.3 is 0 Å². The van der Waals surface area contributed by atoms with Crippen LogP contribution in [0.4, 0.5) is 0 Å². The zero-order chi connectivity index (χ0) is 15.2. The highest BCUT2D eigenvalue weighted by atomic mass is 32.2. The summed E-state index contributed by atoms with van der Waals surface area (Å²) in [5.74, 6) is 0. The van der Waals surface area contributed by atoms with Gasteiger partial charge >= 0.3 is 0 Å². The number of rotatable bonds is 2. The molecular formula is C14H14N4O2S. The third-order valence-corrected chi connectivity index (χ3v) is 5.11. The van der Waals surface area contributed by atoms with Gasteiger partial charge in [-0.1, -0.05) is 0 Å². The minimum Gasteiger partial charge on any atom is -0.263 e. The average Bonchev–Trinajstić information content (AvgIpc) is 2.77. The van der Waals surface area contributed by atoms with Gasteiger partial charge in [0.15, 0.2) is 5.65 Å². The summed E-state index contributed by atoms with van der Waals surface area (Å²) in [6.45, 7) is 5.37. The number of sulfone groups is 1. The standard InChI is InChI=1S/C14H14N4O2S/c1-9-7-10(2)18-14(16-9)13(11(3)17-18)21(19,20)12-5-4-6-15-8-12/h4-8H,1-3H3. The molecule has 7 heteroatoms. The fourth-order valence-electron chi connectivity index (χ4n) is 2.35. The van der Waals surface area contributed by atoms with E-state index < -0.39 is 9.84 Å². The molecule has 0 aliphatic heterocycles. The SMILES string of the molecule is Cc1cc(C)n2nc(C)c(S(=O)(=O)c3cccnc3)c2n1. The molecule has 3 heterocycles. The average molecular weight is 302 g/mol. The van der Waals surface area contributed by atoms with E-state index in [0.717, 1.165) is 11.4 Å². The van der Waals surface area contributed by atoms with Gasteiger partial charge in [-0.25, -0.2) is 17.9 Å². The van der Waals surface area contributed by atoms with Gasteiger partial charge in [0.05, 0.1) is 10.6 Å². The monoisotopic (exact) mass is 302 g/mol. The van der Waals surface area contributed by atoms with Gasteiger partial charge in [0.2, 0.25) is 9.84 Å². The summed E-state index contributed by atoms with van der Waals surface area (Å²) >= 11 is 0. The van der Waals surface area contributed by atoms with Crippen LogP contribution in [0.5, 0.6) is 0 Å². The van der Waals surface area contributed by atoms with Crippen molar-refractivity contribution in [3.8, 4) is 0 Å². The number of aromatic nitrogens is 4. The summed E-state index contributed by atoms with van der Waals surface area (Å²) in [4.78, 5) is 8.51. The van der Waals surface area contributed by atoms with Gasteiger partial charge in [0, 0.05) is 23.8 Å². The van der Waals surface area contributed by atoms with E-state index in [4.69, 9.17) is 0 Å². The lowest BCUT2D eigenvalue weighted by molar-refractivity contribution is 0.595. The number of aryl methyl sites for hydroxylation is 3. The molecular weight excluding hydrogens is 288 g/mol. The summed E-state index contributed by atoms with van der Waals surface area (Å²) in [5.41, 5.74) is 2.38. The quantitative estimate of drug-likeness (QED) is 0.722. The molecule has 0 bridgehead atoms. The van der Waals surface area contributed by atoms with Gasteiger partial charge in [-0.2, -0.15) is 5.10 Å². The Labute approximate surface area is 122 Å². The Kier molecular flexibility index (Phi) is 3.02. The Hall–Kier alpha value is -2.28. The minimum atomic E-state index is -3.69. The second kappa shape index (κ2) is 4.63. The smallest absolute Gasteiger partial charge is 0.213 e. The van der Waals surface area contributed by atoms with Gasteiger partial charge in [0.1, 0.15) is 4.90 Å². The first-order valence-electron chi connectivity index (χ1n) is 6.40. The molecule has 0 aromatic carbocycles. The Morgan fingerprint density at radius 2 is 1.95 bits per heavy atom. The predicted octanol–water partition coefficient (Wildman–Crippen LogP) is 1.88. The van der Waals surface area contributed by atoms with Crippen molar-refractivity contribution in [1.82, 2.24) is 19.6 Å². The molecule has 0 amide bonds. The zero-order valence-electron chi connectivity index (χ0n) is 11.9. The molecule has 0 aliphatic carbocycles. The van der Waals surface area contributed by atoms with Gasteiger partial charge in [0.25, 0.3) is 0 Å². The van der Waals surface area contributed by atoms with Crippen molar-refractivity contribution in [1.29, 1.82) is 0 Å². The number of nitrogens with zero attached hydrogens (tertiary/aromatic N) is 4. The Bertz CT molecular complexity index is 931. The first-order chi connectivity index (χ1) is 9.91. The number of hydrogen-bond acceptors (Lipinski definition) is 5. The van der Waals surface area contributed by atoms with Crippen molar-refractivity contribution in [2.75, 3.05) is 0 Å². The molecule has 0 atom stereocenters. The van der Waals surface area contributed by atoms with E-state index >= 15 is 0 Å². The van der Waals surface area contributed by atoms with Crippen LogP contribution in [0.2, 0.25) is 0 Å². The van der Waals surface area contributed by atoms with Crippen molar-refractivity contribution in [3.05, 3.63) is 47.7 Å². The van der Waals surface area contributed by atoms with E-state index in [0.29, 0.717) is 11.3 Å². The molecule has 21 heavy (non-hydrogen) atoms. The van der Waals surface area contributed by atoms with Crippen molar-refractivity contribution in [2.24, 2.45) is 0 Å². The Balaban J connectivity index is 2.38. The maximum atomic E-state index is 12.8. The molecule has 0 radical (unpaired) electrons. The van der Waals surface area contributed by atoms with Crippen LogP contribution in [-0.4, -0.2) is 28.0 Å². The summed E-state index contributed by atoms with van der Waals surface area (Å²) in [5, 5.41) is 4.30. The summed E-state index contributed by atoms with van der Waals surface area (Å²) < 4.78 is 27.2. The normalized spacial score (nSPS) is 12.0. The van der Waals surface area contributed by atoms with Gasteiger partial charge in [-0.15, -0.1) is 0 Å². The zero-order valence-corrected chi connectivity index (χ0v) is 12.7. The minimum absolute atomic E-state index is 0.141. The van der Waals surface area contributed by atoms with Crippen LogP contribution in [0.3, 0.4) is 0 Å². The Morgan fingerprint density at radius 1 is 1.19 bits per heavy atom. The lowest BCUT2D eigenvalue weighted by Gasteiger charge is -2.04. The van der Waals surface area contributed by atoms with Crippen molar-refractivity contribution >= 4 is 15.5 Å². The molecule has 6 nitrogen and oxygen atoms in total. The van der Waals surface area contributed by atoms with Gasteiger partial charge in [-0.05, 0) is 39.0 Å². The molecule has 3 aromatic rings. The van der Waals surface area contributed by atoms with E-state index in [2.05, 4.69) is 15.1 Å². The van der Waals surface area contributed by atoms with Crippen LogP contribution < -0.4 is 0 Å². The summed E-state index contributed by atoms with van der Waals surface area (Å²) in [6, 6.07) is 4.98. The maximum Gasteiger partial charge on any atom is 0.213 e. The van der Waals surface area contributed by atoms with E-state index in [9.17, 15) is 8.42 Å². The third-order valence-electron chi connectivity index (χ3n) is 3.23. The molecule has 3 rings (SSSR count). The maximum absolute atomic E-state index is 12.8. The van der Waals surface area contributed by atoms with Crippen LogP contribution in [-0.2, 0) is 9.84 Å². The second-order valence-corrected chi connectivity index (χ2v) is 6.77. The highest BCUT2D eigenvalue weighted by Crippen LogP contribution is 2.27. The molecule has 0 N–H and O–H groups in total. The highest BCUT2D eigenvalue weighted by Gasteiger charge is 2.27. The number of fused-ring (bicyclic) bond motifs is 1.